The van der Waals surface area contributed by atoms with Crippen LogP contribution >= 0.6 is 0 Å². The van der Waals surface area contributed by atoms with Crippen LogP contribution in [0, 0.1) is 17.8 Å². The topological polar surface area (TPSA) is 46.6 Å². The summed E-state index contributed by atoms with van der Waals surface area (Å²) in [6.07, 6.45) is 6.11. The van der Waals surface area contributed by atoms with E-state index in [0.717, 1.165) is 51.0 Å². The van der Waals surface area contributed by atoms with Crippen LogP contribution in [-0.4, -0.2) is 36.5 Å². The SMILES string of the molecule is CCOC(=O)[C@@H]1CCCN(C(=O)C2CCC(C)CC2)C1. The number of nitrogens with zero attached hydrogens (tertiary/aromatic N) is 1. The summed E-state index contributed by atoms with van der Waals surface area (Å²) in [5.74, 6) is 0.961. The van der Waals surface area contributed by atoms with Gasteiger partial charge in [-0.05, 0) is 51.4 Å². The average Bonchev–Trinajstić information content (AvgIpc) is 2.48. The predicted octanol–water partition coefficient (Wildman–Crippen LogP) is 2.61. The smallest absolute Gasteiger partial charge is 0.310 e. The van der Waals surface area contributed by atoms with E-state index < -0.39 is 0 Å². The molecule has 0 N–H and O–H groups in total. The summed E-state index contributed by atoms with van der Waals surface area (Å²) in [6, 6.07) is 0. The zero-order valence-corrected chi connectivity index (χ0v) is 12.8. The van der Waals surface area contributed by atoms with E-state index in [1.54, 1.807) is 0 Å². The van der Waals surface area contributed by atoms with Crippen molar-refractivity contribution in [3.63, 3.8) is 0 Å². The largest absolute Gasteiger partial charge is 0.466 e. The molecule has 2 fully saturated rings. The fourth-order valence-electron chi connectivity index (χ4n) is 3.40. The second-order valence-corrected chi connectivity index (χ2v) is 6.33. The molecule has 0 aromatic rings. The van der Waals surface area contributed by atoms with Gasteiger partial charge in [-0.1, -0.05) is 6.92 Å². The lowest BCUT2D eigenvalue weighted by atomic mass is 9.82. The lowest BCUT2D eigenvalue weighted by molar-refractivity contribution is -0.152. The van der Waals surface area contributed by atoms with E-state index in [9.17, 15) is 9.59 Å². The van der Waals surface area contributed by atoms with Gasteiger partial charge in [0.2, 0.25) is 5.91 Å². The molecule has 0 radical (unpaired) electrons. The van der Waals surface area contributed by atoms with Crippen LogP contribution < -0.4 is 0 Å². The van der Waals surface area contributed by atoms with E-state index in [2.05, 4.69) is 6.92 Å². The van der Waals surface area contributed by atoms with Gasteiger partial charge in [-0.3, -0.25) is 9.59 Å². The monoisotopic (exact) mass is 281 g/mol. The van der Waals surface area contributed by atoms with Gasteiger partial charge in [0.25, 0.3) is 0 Å². The molecule has 4 nitrogen and oxygen atoms in total. The molecule has 114 valence electrons. The van der Waals surface area contributed by atoms with Crippen molar-refractivity contribution in [3.05, 3.63) is 0 Å². The summed E-state index contributed by atoms with van der Waals surface area (Å²) in [5.41, 5.74) is 0. The normalized spacial score (nSPS) is 30.9. The Morgan fingerprint density at radius 1 is 1.10 bits per heavy atom. The zero-order chi connectivity index (χ0) is 14.5. The van der Waals surface area contributed by atoms with Crippen LogP contribution in [0.25, 0.3) is 0 Å². The van der Waals surface area contributed by atoms with Gasteiger partial charge in [-0.15, -0.1) is 0 Å². The molecule has 1 amide bonds. The Balaban J connectivity index is 1.88. The third kappa shape index (κ3) is 3.74. The fraction of sp³-hybridized carbons (Fsp3) is 0.875. The van der Waals surface area contributed by atoms with E-state index in [1.165, 1.54) is 0 Å². The number of amides is 1. The molecule has 4 heteroatoms. The Hall–Kier alpha value is -1.06. The van der Waals surface area contributed by atoms with Crippen LogP contribution in [0.15, 0.2) is 0 Å². The number of piperidine rings is 1. The Morgan fingerprint density at radius 3 is 2.45 bits per heavy atom. The van der Waals surface area contributed by atoms with E-state index in [4.69, 9.17) is 4.74 Å². The molecule has 1 aliphatic heterocycles. The highest BCUT2D eigenvalue weighted by Gasteiger charge is 2.33. The minimum atomic E-state index is -0.137. The number of ether oxygens (including phenoxy) is 1. The van der Waals surface area contributed by atoms with Crippen molar-refractivity contribution in [2.24, 2.45) is 17.8 Å². The quantitative estimate of drug-likeness (QED) is 0.747. The standard InChI is InChI=1S/C16H27NO3/c1-3-20-16(19)14-5-4-10-17(11-14)15(18)13-8-6-12(2)7-9-13/h12-14H,3-11H2,1-2H3/t12?,13?,14-/m1/s1. The number of carbonyl (C=O) groups is 2. The van der Waals surface area contributed by atoms with Gasteiger partial charge >= 0.3 is 5.97 Å². The second-order valence-electron chi connectivity index (χ2n) is 6.33. The molecule has 1 atom stereocenters. The minimum absolute atomic E-state index is 0.116. The summed E-state index contributed by atoms with van der Waals surface area (Å²) in [7, 11) is 0. The Bertz CT molecular complexity index is 348. The number of rotatable bonds is 3. The molecule has 0 spiro atoms. The molecular weight excluding hydrogens is 254 g/mol. The Morgan fingerprint density at radius 2 is 1.80 bits per heavy atom. The summed E-state index contributed by atoms with van der Waals surface area (Å²) in [4.78, 5) is 26.3. The number of likely N-dealkylation sites (tertiary alicyclic amines) is 1. The van der Waals surface area contributed by atoms with Gasteiger partial charge < -0.3 is 9.64 Å². The molecule has 2 rings (SSSR count). The van der Waals surface area contributed by atoms with Crippen molar-refractivity contribution < 1.29 is 14.3 Å². The molecule has 20 heavy (non-hydrogen) atoms. The third-order valence-corrected chi connectivity index (χ3v) is 4.72. The molecule has 0 aromatic heterocycles. The number of hydrogen-bond acceptors (Lipinski definition) is 3. The lowest BCUT2D eigenvalue weighted by Crippen LogP contribution is -2.45. The predicted molar refractivity (Wildman–Crippen MR) is 77.1 cm³/mol. The van der Waals surface area contributed by atoms with Gasteiger partial charge in [0.15, 0.2) is 0 Å². The first-order chi connectivity index (χ1) is 9.61. The first kappa shape index (κ1) is 15.3. The summed E-state index contributed by atoms with van der Waals surface area (Å²) in [6.45, 7) is 5.87. The molecule has 1 saturated carbocycles. The van der Waals surface area contributed by atoms with Gasteiger partial charge in [0.1, 0.15) is 0 Å². The highest BCUT2D eigenvalue weighted by molar-refractivity contribution is 5.80. The van der Waals surface area contributed by atoms with Gasteiger partial charge in [-0.25, -0.2) is 0 Å². The van der Waals surface area contributed by atoms with Crippen LogP contribution in [0.2, 0.25) is 0 Å². The second kappa shape index (κ2) is 7.09. The molecule has 2 aliphatic rings. The van der Waals surface area contributed by atoms with Gasteiger partial charge in [0, 0.05) is 19.0 Å². The summed E-state index contributed by atoms with van der Waals surface area (Å²) in [5, 5.41) is 0. The van der Waals surface area contributed by atoms with Crippen LogP contribution in [0.1, 0.15) is 52.4 Å². The molecule has 1 heterocycles. The lowest BCUT2D eigenvalue weighted by Gasteiger charge is -2.35. The number of hydrogen-bond donors (Lipinski definition) is 0. The number of carbonyl (C=O) groups excluding carboxylic acids is 2. The Kier molecular flexibility index (Phi) is 5.44. The first-order valence-corrected chi connectivity index (χ1v) is 8.07. The maximum Gasteiger partial charge on any atom is 0.310 e. The maximum atomic E-state index is 12.6. The van der Waals surface area contributed by atoms with Crippen LogP contribution in [0.4, 0.5) is 0 Å². The first-order valence-electron chi connectivity index (χ1n) is 8.07. The Labute approximate surface area is 121 Å². The molecule has 0 bridgehead atoms. The highest BCUT2D eigenvalue weighted by Crippen LogP contribution is 2.30. The fourth-order valence-corrected chi connectivity index (χ4v) is 3.40. The van der Waals surface area contributed by atoms with Gasteiger partial charge in [0.05, 0.1) is 12.5 Å². The van der Waals surface area contributed by atoms with E-state index in [1.807, 2.05) is 11.8 Å². The number of esters is 1. The molecule has 1 aliphatic carbocycles. The zero-order valence-electron chi connectivity index (χ0n) is 12.8. The van der Waals surface area contributed by atoms with Crippen molar-refractivity contribution in [2.45, 2.75) is 52.4 Å². The van der Waals surface area contributed by atoms with Crippen LogP contribution in [0.3, 0.4) is 0 Å². The molecule has 0 unspecified atom stereocenters. The third-order valence-electron chi connectivity index (χ3n) is 4.72. The van der Waals surface area contributed by atoms with Gasteiger partial charge in [-0.2, -0.15) is 0 Å². The molecule has 0 aromatic carbocycles. The van der Waals surface area contributed by atoms with Crippen molar-refractivity contribution in [2.75, 3.05) is 19.7 Å². The maximum absolute atomic E-state index is 12.6. The van der Waals surface area contributed by atoms with E-state index in [-0.39, 0.29) is 23.7 Å². The van der Waals surface area contributed by atoms with E-state index in [0.29, 0.717) is 13.2 Å². The molecular formula is C16H27NO3. The van der Waals surface area contributed by atoms with Crippen molar-refractivity contribution in [1.29, 1.82) is 0 Å². The van der Waals surface area contributed by atoms with Crippen LogP contribution in [-0.2, 0) is 14.3 Å². The minimum Gasteiger partial charge on any atom is -0.466 e. The average molecular weight is 281 g/mol. The van der Waals surface area contributed by atoms with Crippen molar-refractivity contribution >= 4 is 11.9 Å². The van der Waals surface area contributed by atoms with Crippen molar-refractivity contribution in [1.82, 2.24) is 4.90 Å². The highest BCUT2D eigenvalue weighted by atomic mass is 16.5. The molecule has 1 saturated heterocycles. The summed E-state index contributed by atoms with van der Waals surface area (Å²) < 4.78 is 5.09. The summed E-state index contributed by atoms with van der Waals surface area (Å²) >= 11 is 0. The van der Waals surface area contributed by atoms with Crippen molar-refractivity contribution in [3.8, 4) is 0 Å². The van der Waals surface area contributed by atoms with Crippen LogP contribution in [0.5, 0.6) is 0 Å². The van der Waals surface area contributed by atoms with E-state index >= 15 is 0 Å².